The summed E-state index contributed by atoms with van der Waals surface area (Å²) >= 11 is 0. The van der Waals surface area contributed by atoms with Gasteiger partial charge in [-0.05, 0) is 54.5 Å². The van der Waals surface area contributed by atoms with E-state index >= 15 is 0 Å². The number of carbonyl (C=O) groups is 1. The molecule has 0 aliphatic heterocycles. The minimum Gasteiger partial charge on any atom is -0.496 e. The summed E-state index contributed by atoms with van der Waals surface area (Å²) < 4.78 is 40.2. The monoisotopic (exact) mass is 469 g/mol. The number of aryl methyl sites for hydroxylation is 1. The summed E-state index contributed by atoms with van der Waals surface area (Å²) in [5.41, 5.74) is 2.04. The first-order valence-corrected chi connectivity index (χ1v) is 10.1. The van der Waals surface area contributed by atoms with Crippen molar-refractivity contribution in [1.82, 2.24) is 0 Å². The van der Waals surface area contributed by atoms with Crippen LogP contribution in [-0.4, -0.2) is 24.4 Å². The Morgan fingerprint density at radius 3 is 2.56 bits per heavy atom. The number of halogens is 2. The van der Waals surface area contributed by atoms with Crippen LogP contribution in [0, 0.1) is 17.0 Å². The summed E-state index contributed by atoms with van der Waals surface area (Å²) in [4.78, 5) is 23.3. The van der Waals surface area contributed by atoms with Crippen molar-refractivity contribution in [3.63, 3.8) is 0 Å². The Hall–Kier alpha value is -4.27. The van der Waals surface area contributed by atoms with Crippen LogP contribution in [0.5, 0.6) is 17.2 Å². The number of nitro groups is 1. The van der Waals surface area contributed by atoms with Crippen molar-refractivity contribution in [2.75, 3.05) is 7.11 Å². The van der Waals surface area contributed by atoms with Gasteiger partial charge in [0.2, 0.25) is 0 Å². The molecule has 0 amide bonds. The fraction of sp³-hybridized carbons (Fsp3) is 0.160. The molecular weight excluding hydrogens is 448 g/mol. The fourth-order valence-electron chi connectivity index (χ4n) is 3.16. The van der Waals surface area contributed by atoms with Crippen LogP contribution >= 0.6 is 0 Å². The molecule has 0 heterocycles. The maximum absolute atomic E-state index is 12.5. The molecule has 34 heavy (non-hydrogen) atoms. The van der Waals surface area contributed by atoms with E-state index in [9.17, 15) is 23.7 Å². The van der Waals surface area contributed by atoms with Gasteiger partial charge in [0.25, 0.3) is 0 Å². The Kier molecular flexibility index (Phi) is 7.92. The number of rotatable bonds is 10. The molecule has 0 atom stereocenters. The first-order valence-electron chi connectivity index (χ1n) is 10.1. The zero-order valence-corrected chi connectivity index (χ0v) is 18.4. The minimum absolute atomic E-state index is 0.00425. The van der Waals surface area contributed by atoms with Crippen molar-refractivity contribution in [2.24, 2.45) is 0 Å². The highest BCUT2D eigenvalue weighted by Gasteiger charge is 2.16. The van der Waals surface area contributed by atoms with E-state index in [-0.39, 0.29) is 29.4 Å². The van der Waals surface area contributed by atoms with E-state index in [1.807, 2.05) is 0 Å². The molecule has 9 heteroatoms. The molecule has 0 radical (unpaired) electrons. The average Bonchev–Trinajstić information content (AvgIpc) is 2.81. The van der Waals surface area contributed by atoms with Gasteiger partial charge in [0.15, 0.2) is 11.5 Å². The van der Waals surface area contributed by atoms with Crippen molar-refractivity contribution in [3.8, 4) is 17.2 Å². The summed E-state index contributed by atoms with van der Waals surface area (Å²) in [7, 11) is 1.49. The van der Waals surface area contributed by atoms with E-state index < -0.39 is 17.3 Å². The minimum atomic E-state index is -2.98. The molecule has 0 N–H and O–H groups in total. The first-order chi connectivity index (χ1) is 16.3. The van der Waals surface area contributed by atoms with Gasteiger partial charge in [0.1, 0.15) is 18.1 Å². The molecule has 0 bridgehead atoms. The molecule has 0 fully saturated rings. The second-order valence-electron chi connectivity index (χ2n) is 7.19. The molecule has 0 spiro atoms. The van der Waals surface area contributed by atoms with E-state index in [1.165, 1.54) is 49.6 Å². The number of ketones is 1. The standard InChI is InChI=1S/C25H21F2NO6/c1-16-6-10-24(21(12-16)28(30)31)33-15-19-13-17(8-11-23(19)32-2)7-9-22(29)18-4-3-5-20(14-18)34-25(26)27/h3-14,25H,15H2,1-2H3/b9-7+. The molecule has 0 saturated heterocycles. The molecule has 0 aliphatic carbocycles. The van der Waals surface area contributed by atoms with Gasteiger partial charge in [0, 0.05) is 17.2 Å². The molecule has 7 nitrogen and oxygen atoms in total. The van der Waals surface area contributed by atoms with Gasteiger partial charge < -0.3 is 14.2 Å². The molecule has 0 unspecified atom stereocenters. The van der Waals surface area contributed by atoms with Gasteiger partial charge in [-0.25, -0.2) is 0 Å². The van der Waals surface area contributed by atoms with E-state index in [1.54, 1.807) is 37.3 Å². The number of hydrogen-bond acceptors (Lipinski definition) is 6. The van der Waals surface area contributed by atoms with Crippen molar-refractivity contribution < 1.29 is 32.7 Å². The van der Waals surface area contributed by atoms with Crippen molar-refractivity contribution in [2.45, 2.75) is 20.1 Å². The van der Waals surface area contributed by atoms with Crippen LogP contribution in [0.15, 0.2) is 66.7 Å². The van der Waals surface area contributed by atoms with Gasteiger partial charge in [-0.3, -0.25) is 14.9 Å². The van der Waals surface area contributed by atoms with Gasteiger partial charge >= 0.3 is 12.3 Å². The number of allylic oxidation sites excluding steroid dienone is 1. The second-order valence-corrected chi connectivity index (χ2v) is 7.19. The Balaban J connectivity index is 1.77. The predicted molar refractivity (Wildman–Crippen MR) is 122 cm³/mol. The fourth-order valence-corrected chi connectivity index (χ4v) is 3.16. The number of nitrogens with zero attached hydrogens (tertiary/aromatic N) is 1. The summed E-state index contributed by atoms with van der Waals surface area (Å²) in [6.07, 6.45) is 2.86. The third kappa shape index (κ3) is 6.38. The van der Waals surface area contributed by atoms with Gasteiger partial charge in [0.05, 0.1) is 12.0 Å². The van der Waals surface area contributed by atoms with E-state index in [4.69, 9.17) is 9.47 Å². The SMILES string of the molecule is COc1ccc(/C=C/C(=O)c2cccc(OC(F)F)c2)cc1COc1ccc(C)cc1[N+](=O)[O-]. The lowest BCUT2D eigenvalue weighted by Gasteiger charge is -2.12. The first kappa shape index (κ1) is 24.4. The zero-order valence-electron chi connectivity index (χ0n) is 18.4. The normalized spacial score (nSPS) is 11.0. The van der Waals surface area contributed by atoms with Gasteiger partial charge in [-0.2, -0.15) is 8.78 Å². The molecule has 3 aromatic rings. The lowest BCUT2D eigenvalue weighted by atomic mass is 10.1. The maximum atomic E-state index is 12.5. The van der Waals surface area contributed by atoms with E-state index in [2.05, 4.69) is 4.74 Å². The molecule has 176 valence electrons. The molecule has 0 aromatic heterocycles. The van der Waals surface area contributed by atoms with Crippen LogP contribution in [0.3, 0.4) is 0 Å². The van der Waals surface area contributed by atoms with Crippen LogP contribution in [0.2, 0.25) is 0 Å². The Morgan fingerprint density at radius 2 is 1.85 bits per heavy atom. The predicted octanol–water partition coefficient (Wildman–Crippen LogP) is 5.99. The van der Waals surface area contributed by atoms with Crippen LogP contribution in [0.25, 0.3) is 6.08 Å². The number of alkyl halides is 2. The highest BCUT2D eigenvalue weighted by atomic mass is 19.3. The number of carbonyl (C=O) groups excluding carboxylic acids is 1. The van der Waals surface area contributed by atoms with Crippen molar-refractivity contribution in [1.29, 1.82) is 0 Å². The summed E-state index contributed by atoms with van der Waals surface area (Å²) in [6.45, 7) is -1.24. The summed E-state index contributed by atoms with van der Waals surface area (Å²) in [5, 5.41) is 11.3. The van der Waals surface area contributed by atoms with E-state index in [0.717, 1.165) is 5.56 Å². The Morgan fingerprint density at radius 1 is 1.09 bits per heavy atom. The molecule has 0 saturated carbocycles. The van der Waals surface area contributed by atoms with Crippen LogP contribution in [-0.2, 0) is 6.61 Å². The maximum Gasteiger partial charge on any atom is 0.387 e. The largest absolute Gasteiger partial charge is 0.496 e. The second kappa shape index (κ2) is 11.0. The third-order valence-corrected chi connectivity index (χ3v) is 4.77. The summed E-state index contributed by atoms with van der Waals surface area (Å²) in [5.74, 6) is 0.127. The van der Waals surface area contributed by atoms with Crippen molar-refractivity contribution in [3.05, 3.63) is 99.1 Å². The Labute approximate surface area is 194 Å². The van der Waals surface area contributed by atoms with Crippen LogP contribution in [0.1, 0.15) is 27.0 Å². The third-order valence-electron chi connectivity index (χ3n) is 4.77. The smallest absolute Gasteiger partial charge is 0.387 e. The topological polar surface area (TPSA) is 87.9 Å². The molecule has 3 aromatic carbocycles. The number of ether oxygens (including phenoxy) is 3. The number of benzene rings is 3. The molecular formula is C25H21F2NO6. The van der Waals surface area contributed by atoms with Crippen LogP contribution < -0.4 is 14.2 Å². The van der Waals surface area contributed by atoms with Crippen molar-refractivity contribution >= 4 is 17.5 Å². The molecule has 0 aliphatic rings. The molecule has 3 rings (SSSR count). The number of methoxy groups -OCH3 is 1. The zero-order chi connectivity index (χ0) is 24.7. The number of hydrogen-bond donors (Lipinski definition) is 0. The Bertz CT molecular complexity index is 1230. The quantitative estimate of drug-likeness (QED) is 0.157. The van der Waals surface area contributed by atoms with Gasteiger partial charge in [-0.1, -0.05) is 30.3 Å². The van der Waals surface area contributed by atoms with Gasteiger partial charge in [-0.15, -0.1) is 0 Å². The van der Waals surface area contributed by atoms with E-state index in [0.29, 0.717) is 16.9 Å². The van der Waals surface area contributed by atoms with Crippen LogP contribution in [0.4, 0.5) is 14.5 Å². The highest BCUT2D eigenvalue weighted by molar-refractivity contribution is 6.07. The number of nitro benzene ring substituents is 1. The summed E-state index contributed by atoms with van der Waals surface area (Å²) in [6, 6.07) is 15.3. The highest BCUT2D eigenvalue weighted by Crippen LogP contribution is 2.30. The lowest BCUT2D eigenvalue weighted by Crippen LogP contribution is -2.03. The lowest BCUT2D eigenvalue weighted by molar-refractivity contribution is -0.386. The average molecular weight is 469 g/mol.